The fourth-order valence-electron chi connectivity index (χ4n) is 0.619. The first-order chi connectivity index (χ1) is 4.41. The zero-order chi connectivity index (χ0) is 6.95. The monoisotopic (exact) mass is 193 g/mol. The zero-order valence-corrected chi connectivity index (χ0v) is 7.71. The topological polar surface area (TPSA) is 12.0 Å². The molecule has 0 unspecified atom stereocenters. The van der Waals surface area contributed by atoms with Gasteiger partial charge in [-0.2, -0.15) is 0 Å². The quantitative estimate of drug-likeness (QED) is 0.504. The van der Waals surface area contributed by atoms with Crippen LogP contribution < -0.4 is 5.32 Å². The Morgan fingerprint density at radius 2 is 1.89 bits per heavy atom. The van der Waals surface area contributed by atoms with Crippen molar-refractivity contribution < 1.29 is 0 Å². The minimum Gasteiger partial charge on any atom is -0.317 e. The molecule has 0 aromatic carbocycles. The molecular weight excluding hydrogens is 178 g/mol. The van der Waals surface area contributed by atoms with Crippen LogP contribution in [-0.2, 0) is 0 Å². The molecule has 0 aliphatic carbocycles. The van der Waals surface area contributed by atoms with Gasteiger partial charge in [0, 0.05) is 5.33 Å². The van der Waals surface area contributed by atoms with Crippen molar-refractivity contribution in [3.63, 3.8) is 0 Å². The van der Waals surface area contributed by atoms with Crippen molar-refractivity contribution in [2.24, 2.45) is 0 Å². The molecule has 2 heteroatoms. The number of rotatable bonds is 6. The predicted molar refractivity (Wildman–Crippen MR) is 46.2 cm³/mol. The molecule has 0 radical (unpaired) electrons. The number of nitrogens with one attached hydrogen (secondary N) is 1. The SMILES string of the molecule is CCCCNCCCBr. The van der Waals surface area contributed by atoms with Crippen LogP contribution in [0, 0.1) is 0 Å². The van der Waals surface area contributed by atoms with Crippen molar-refractivity contribution in [1.82, 2.24) is 5.32 Å². The second-order valence-electron chi connectivity index (χ2n) is 2.15. The van der Waals surface area contributed by atoms with Gasteiger partial charge in [-0.15, -0.1) is 0 Å². The van der Waals surface area contributed by atoms with E-state index in [2.05, 4.69) is 28.2 Å². The van der Waals surface area contributed by atoms with Gasteiger partial charge in [-0.05, 0) is 25.9 Å². The second-order valence-corrected chi connectivity index (χ2v) is 2.94. The smallest absolute Gasteiger partial charge is 0.00433 e. The number of hydrogen-bond acceptors (Lipinski definition) is 1. The summed E-state index contributed by atoms with van der Waals surface area (Å²) in [5.74, 6) is 0. The van der Waals surface area contributed by atoms with Gasteiger partial charge < -0.3 is 5.32 Å². The predicted octanol–water partition coefficient (Wildman–Crippen LogP) is 2.16. The highest BCUT2D eigenvalue weighted by atomic mass is 79.9. The molecule has 1 N–H and O–H groups in total. The van der Waals surface area contributed by atoms with Gasteiger partial charge in [0.15, 0.2) is 0 Å². The molecular formula is C7H16BrN. The van der Waals surface area contributed by atoms with Crippen LogP contribution in [0.1, 0.15) is 26.2 Å². The van der Waals surface area contributed by atoms with Crippen molar-refractivity contribution >= 4 is 15.9 Å². The third-order valence-electron chi connectivity index (χ3n) is 1.19. The summed E-state index contributed by atoms with van der Waals surface area (Å²) in [6.07, 6.45) is 3.84. The first-order valence-electron chi connectivity index (χ1n) is 3.68. The molecule has 0 spiro atoms. The van der Waals surface area contributed by atoms with Gasteiger partial charge in [0.1, 0.15) is 0 Å². The Morgan fingerprint density at radius 3 is 2.44 bits per heavy atom. The molecule has 0 saturated heterocycles. The number of halogens is 1. The van der Waals surface area contributed by atoms with E-state index in [0.717, 1.165) is 11.9 Å². The Bertz CT molecular complexity index is 42.2. The Kier molecular flexibility index (Phi) is 8.85. The summed E-state index contributed by atoms with van der Waals surface area (Å²) in [5, 5.41) is 4.47. The Hall–Kier alpha value is 0.440. The summed E-state index contributed by atoms with van der Waals surface area (Å²) in [6.45, 7) is 4.56. The van der Waals surface area contributed by atoms with E-state index < -0.39 is 0 Å². The van der Waals surface area contributed by atoms with E-state index in [-0.39, 0.29) is 0 Å². The highest BCUT2D eigenvalue weighted by Crippen LogP contribution is 1.86. The molecule has 56 valence electrons. The van der Waals surface area contributed by atoms with E-state index in [9.17, 15) is 0 Å². The van der Waals surface area contributed by atoms with Crippen LogP contribution in [0.25, 0.3) is 0 Å². The minimum atomic E-state index is 1.12. The van der Waals surface area contributed by atoms with Gasteiger partial charge in [-0.1, -0.05) is 29.3 Å². The van der Waals surface area contributed by atoms with E-state index in [1.165, 1.54) is 25.8 Å². The van der Waals surface area contributed by atoms with Crippen LogP contribution in [0.5, 0.6) is 0 Å². The van der Waals surface area contributed by atoms with Gasteiger partial charge in [-0.3, -0.25) is 0 Å². The molecule has 9 heavy (non-hydrogen) atoms. The van der Waals surface area contributed by atoms with Crippen LogP contribution >= 0.6 is 15.9 Å². The minimum absolute atomic E-state index is 1.12. The maximum Gasteiger partial charge on any atom is 0.00433 e. The highest BCUT2D eigenvalue weighted by molar-refractivity contribution is 9.09. The molecule has 0 aromatic heterocycles. The lowest BCUT2D eigenvalue weighted by molar-refractivity contribution is 0.636. The molecule has 1 nitrogen and oxygen atoms in total. The summed E-state index contributed by atoms with van der Waals surface area (Å²) >= 11 is 3.38. The van der Waals surface area contributed by atoms with E-state index in [1.54, 1.807) is 0 Å². The molecule has 0 bridgehead atoms. The van der Waals surface area contributed by atoms with Gasteiger partial charge in [0.2, 0.25) is 0 Å². The number of alkyl halides is 1. The van der Waals surface area contributed by atoms with E-state index in [0.29, 0.717) is 0 Å². The lowest BCUT2D eigenvalue weighted by atomic mass is 10.3. The molecule has 0 heterocycles. The molecule has 0 rings (SSSR count). The molecule has 0 fully saturated rings. The number of unbranched alkanes of at least 4 members (excludes halogenated alkanes) is 1. The average molecular weight is 194 g/mol. The molecule has 0 aliphatic heterocycles. The van der Waals surface area contributed by atoms with Crippen LogP contribution in [0.4, 0.5) is 0 Å². The van der Waals surface area contributed by atoms with Crippen LogP contribution in [0.2, 0.25) is 0 Å². The fourth-order valence-corrected chi connectivity index (χ4v) is 0.899. The third kappa shape index (κ3) is 8.44. The largest absolute Gasteiger partial charge is 0.317 e. The van der Waals surface area contributed by atoms with E-state index >= 15 is 0 Å². The summed E-state index contributed by atoms with van der Waals surface area (Å²) < 4.78 is 0. The van der Waals surface area contributed by atoms with Crippen molar-refractivity contribution in [3.8, 4) is 0 Å². The second kappa shape index (κ2) is 8.44. The highest BCUT2D eigenvalue weighted by Gasteiger charge is 1.83. The van der Waals surface area contributed by atoms with Crippen LogP contribution in [0.15, 0.2) is 0 Å². The van der Waals surface area contributed by atoms with E-state index in [4.69, 9.17) is 0 Å². The maximum absolute atomic E-state index is 3.38. The average Bonchev–Trinajstić information content (AvgIpc) is 1.89. The van der Waals surface area contributed by atoms with Crippen LogP contribution in [0.3, 0.4) is 0 Å². The summed E-state index contributed by atoms with van der Waals surface area (Å²) in [7, 11) is 0. The van der Waals surface area contributed by atoms with Crippen molar-refractivity contribution in [1.29, 1.82) is 0 Å². The maximum atomic E-state index is 3.38. The molecule has 0 aliphatic rings. The molecule has 0 amide bonds. The van der Waals surface area contributed by atoms with E-state index in [1.807, 2.05) is 0 Å². The third-order valence-corrected chi connectivity index (χ3v) is 1.76. The Labute approximate surface area is 66.3 Å². The Balaban J connectivity index is 2.60. The van der Waals surface area contributed by atoms with Gasteiger partial charge in [0.05, 0.1) is 0 Å². The summed E-state index contributed by atoms with van der Waals surface area (Å²) in [4.78, 5) is 0. The Morgan fingerprint density at radius 1 is 1.22 bits per heavy atom. The normalized spacial score (nSPS) is 10.0. The fraction of sp³-hybridized carbons (Fsp3) is 1.00. The zero-order valence-electron chi connectivity index (χ0n) is 6.12. The summed E-state index contributed by atoms with van der Waals surface area (Å²) in [5.41, 5.74) is 0. The van der Waals surface area contributed by atoms with Gasteiger partial charge in [0.25, 0.3) is 0 Å². The molecule has 0 saturated carbocycles. The first-order valence-corrected chi connectivity index (χ1v) is 4.80. The lowest BCUT2D eigenvalue weighted by Gasteiger charge is -1.99. The summed E-state index contributed by atoms with van der Waals surface area (Å²) in [6, 6.07) is 0. The van der Waals surface area contributed by atoms with Crippen molar-refractivity contribution in [3.05, 3.63) is 0 Å². The van der Waals surface area contributed by atoms with Crippen molar-refractivity contribution in [2.75, 3.05) is 18.4 Å². The first kappa shape index (κ1) is 9.44. The molecule has 0 atom stereocenters. The van der Waals surface area contributed by atoms with Gasteiger partial charge >= 0.3 is 0 Å². The standard InChI is InChI=1S/C7H16BrN/c1-2-3-6-9-7-4-5-8/h9H,2-7H2,1H3. The number of hydrogen-bond donors (Lipinski definition) is 1. The van der Waals surface area contributed by atoms with Crippen LogP contribution in [-0.4, -0.2) is 18.4 Å². The van der Waals surface area contributed by atoms with Gasteiger partial charge in [-0.25, -0.2) is 0 Å². The van der Waals surface area contributed by atoms with Crippen molar-refractivity contribution in [2.45, 2.75) is 26.2 Å². The molecule has 0 aromatic rings. The lowest BCUT2D eigenvalue weighted by Crippen LogP contribution is -2.16.